The summed E-state index contributed by atoms with van der Waals surface area (Å²) in [5.74, 6) is 2.18. The van der Waals surface area contributed by atoms with E-state index in [4.69, 9.17) is 0 Å². The standard InChI is InChI=1S/C17H25BrFN/c1-3-12-4-6-14(11-20-2)15(8-12)9-13-5-7-17(19)16(18)10-13/h5,7,10,12,14-15,20H,3-4,6,8-9,11H2,1-2H3. The van der Waals surface area contributed by atoms with Crippen LogP contribution < -0.4 is 5.32 Å². The third kappa shape index (κ3) is 4.05. The lowest BCUT2D eigenvalue weighted by Crippen LogP contribution is -2.33. The molecule has 1 nitrogen and oxygen atoms in total. The summed E-state index contributed by atoms with van der Waals surface area (Å²) in [7, 11) is 2.04. The van der Waals surface area contributed by atoms with Gasteiger partial charge in [-0.25, -0.2) is 4.39 Å². The van der Waals surface area contributed by atoms with Crippen LogP contribution in [0.1, 0.15) is 38.2 Å². The fourth-order valence-electron chi connectivity index (χ4n) is 3.54. The number of hydrogen-bond acceptors (Lipinski definition) is 1. The molecule has 3 heteroatoms. The van der Waals surface area contributed by atoms with Crippen LogP contribution in [0.25, 0.3) is 0 Å². The summed E-state index contributed by atoms with van der Waals surface area (Å²) in [6.07, 6.45) is 6.37. The molecule has 0 amide bonds. The average molecular weight is 342 g/mol. The largest absolute Gasteiger partial charge is 0.319 e. The van der Waals surface area contributed by atoms with Crippen LogP contribution in [0.4, 0.5) is 4.39 Å². The van der Waals surface area contributed by atoms with E-state index in [0.29, 0.717) is 4.47 Å². The topological polar surface area (TPSA) is 12.0 Å². The van der Waals surface area contributed by atoms with E-state index >= 15 is 0 Å². The molecule has 1 aliphatic rings. The molecule has 0 aliphatic heterocycles. The fraction of sp³-hybridized carbons (Fsp3) is 0.647. The first kappa shape index (κ1) is 16.0. The second-order valence-corrected chi connectivity index (χ2v) is 6.97. The molecule has 0 saturated heterocycles. The fourth-order valence-corrected chi connectivity index (χ4v) is 3.97. The maximum atomic E-state index is 13.3. The highest BCUT2D eigenvalue weighted by molar-refractivity contribution is 9.10. The third-order valence-corrected chi connectivity index (χ3v) is 5.38. The van der Waals surface area contributed by atoms with Gasteiger partial charge >= 0.3 is 0 Å². The molecule has 3 unspecified atom stereocenters. The molecule has 1 saturated carbocycles. The summed E-state index contributed by atoms with van der Waals surface area (Å²) in [5, 5.41) is 3.34. The van der Waals surface area contributed by atoms with Crippen LogP contribution >= 0.6 is 15.9 Å². The molecule has 3 atom stereocenters. The molecule has 20 heavy (non-hydrogen) atoms. The van der Waals surface area contributed by atoms with Crippen LogP contribution in [0, 0.1) is 23.6 Å². The Morgan fingerprint density at radius 1 is 1.30 bits per heavy atom. The van der Waals surface area contributed by atoms with E-state index in [-0.39, 0.29) is 5.82 Å². The van der Waals surface area contributed by atoms with Gasteiger partial charge in [-0.2, -0.15) is 0 Å². The quantitative estimate of drug-likeness (QED) is 0.811. The highest BCUT2D eigenvalue weighted by Crippen LogP contribution is 2.37. The highest BCUT2D eigenvalue weighted by Gasteiger charge is 2.29. The number of nitrogens with one attached hydrogen (secondary N) is 1. The Hall–Kier alpha value is -0.410. The molecular formula is C17H25BrFN. The molecule has 0 radical (unpaired) electrons. The van der Waals surface area contributed by atoms with Gasteiger partial charge in [0.05, 0.1) is 4.47 Å². The Morgan fingerprint density at radius 3 is 2.75 bits per heavy atom. The monoisotopic (exact) mass is 341 g/mol. The molecule has 1 N–H and O–H groups in total. The van der Waals surface area contributed by atoms with Gasteiger partial charge in [0, 0.05) is 0 Å². The van der Waals surface area contributed by atoms with Crippen molar-refractivity contribution in [2.75, 3.05) is 13.6 Å². The van der Waals surface area contributed by atoms with Crippen molar-refractivity contribution in [3.8, 4) is 0 Å². The summed E-state index contributed by atoms with van der Waals surface area (Å²) in [5.41, 5.74) is 1.25. The Balaban J connectivity index is 2.07. The maximum absolute atomic E-state index is 13.3. The molecule has 0 spiro atoms. The molecular weight excluding hydrogens is 317 g/mol. The predicted octanol–water partition coefficient (Wildman–Crippen LogP) is 4.79. The minimum atomic E-state index is -0.171. The third-order valence-electron chi connectivity index (χ3n) is 4.77. The van der Waals surface area contributed by atoms with Crippen molar-refractivity contribution in [3.05, 3.63) is 34.1 Å². The van der Waals surface area contributed by atoms with Gasteiger partial charge in [-0.05, 0) is 84.2 Å². The zero-order valence-corrected chi connectivity index (χ0v) is 14.0. The van der Waals surface area contributed by atoms with Gasteiger partial charge in [-0.15, -0.1) is 0 Å². The predicted molar refractivity (Wildman–Crippen MR) is 86.3 cm³/mol. The van der Waals surface area contributed by atoms with Gasteiger partial charge in [-0.3, -0.25) is 0 Å². The zero-order chi connectivity index (χ0) is 14.5. The van der Waals surface area contributed by atoms with Gasteiger partial charge < -0.3 is 5.32 Å². The Labute approximate surface area is 130 Å². The molecule has 2 rings (SSSR count). The molecule has 0 heterocycles. The maximum Gasteiger partial charge on any atom is 0.137 e. The van der Waals surface area contributed by atoms with Crippen molar-refractivity contribution in [1.29, 1.82) is 0 Å². The van der Waals surface area contributed by atoms with E-state index < -0.39 is 0 Å². The first-order valence-corrected chi connectivity index (χ1v) is 8.51. The van der Waals surface area contributed by atoms with Crippen LogP contribution in [-0.2, 0) is 6.42 Å². The summed E-state index contributed by atoms with van der Waals surface area (Å²) in [6, 6.07) is 5.46. The summed E-state index contributed by atoms with van der Waals surface area (Å²) < 4.78 is 13.9. The van der Waals surface area contributed by atoms with Gasteiger partial charge in [0.1, 0.15) is 5.82 Å². The smallest absolute Gasteiger partial charge is 0.137 e. The number of rotatable bonds is 5. The van der Waals surface area contributed by atoms with Crippen LogP contribution in [-0.4, -0.2) is 13.6 Å². The van der Waals surface area contributed by atoms with E-state index in [1.807, 2.05) is 19.2 Å². The van der Waals surface area contributed by atoms with Crippen molar-refractivity contribution in [2.24, 2.45) is 17.8 Å². The minimum absolute atomic E-state index is 0.171. The van der Waals surface area contributed by atoms with Crippen LogP contribution in [0.3, 0.4) is 0 Å². The van der Waals surface area contributed by atoms with Gasteiger partial charge in [0.2, 0.25) is 0 Å². The molecule has 0 bridgehead atoms. The average Bonchev–Trinajstić information content (AvgIpc) is 2.45. The van der Waals surface area contributed by atoms with E-state index in [2.05, 4.69) is 28.2 Å². The summed E-state index contributed by atoms with van der Waals surface area (Å²) in [6.45, 7) is 3.40. The second-order valence-electron chi connectivity index (χ2n) is 6.12. The van der Waals surface area contributed by atoms with E-state index in [0.717, 1.165) is 30.7 Å². The normalized spacial score (nSPS) is 26.7. The van der Waals surface area contributed by atoms with Crippen LogP contribution in [0.15, 0.2) is 22.7 Å². The lowest BCUT2D eigenvalue weighted by Gasteiger charge is -2.36. The van der Waals surface area contributed by atoms with Gasteiger partial charge in [0.15, 0.2) is 0 Å². The van der Waals surface area contributed by atoms with Crippen molar-refractivity contribution in [2.45, 2.75) is 39.0 Å². The lowest BCUT2D eigenvalue weighted by atomic mass is 9.71. The highest BCUT2D eigenvalue weighted by atomic mass is 79.9. The molecule has 1 aromatic rings. The number of hydrogen-bond donors (Lipinski definition) is 1. The van der Waals surface area contributed by atoms with Crippen LogP contribution in [0.2, 0.25) is 0 Å². The second kappa shape index (κ2) is 7.56. The van der Waals surface area contributed by atoms with E-state index in [1.165, 1.54) is 31.2 Å². The molecule has 1 aromatic carbocycles. The Bertz CT molecular complexity index is 435. The number of benzene rings is 1. The van der Waals surface area contributed by atoms with Crippen LogP contribution in [0.5, 0.6) is 0 Å². The molecule has 1 fully saturated rings. The first-order chi connectivity index (χ1) is 9.63. The summed E-state index contributed by atoms with van der Waals surface area (Å²) in [4.78, 5) is 0. The van der Waals surface area contributed by atoms with Crippen molar-refractivity contribution in [3.63, 3.8) is 0 Å². The van der Waals surface area contributed by atoms with Gasteiger partial charge in [0.25, 0.3) is 0 Å². The van der Waals surface area contributed by atoms with Crippen molar-refractivity contribution in [1.82, 2.24) is 5.32 Å². The van der Waals surface area contributed by atoms with Gasteiger partial charge in [-0.1, -0.05) is 25.8 Å². The molecule has 112 valence electrons. The Morgan fingerprint density at radius 2 is 2.10 bits per heavy atom. The zero-order valence-electron chi connectivity index (χ0n) is 12.5. The first-order valence-electron chi connectivity index (χ1n) is 7.72. The number of halogens is 2. The van der Waals surface area contributed by atoms with Crippen molar-refractivity contribution >= 4 is 15.9 Å². The lowest BCUT2D eigenvalue weighted by molar-refractivity contribution is 0.173. The van der Waals surface area contributed by atoms with E-state index in [9.17, 15) is 4.39 Å². The SMILES string of the molecule is CCC1CCC(CNC)C(Cc2ccc(F)c(Br)c2)C1. The Kier molecular flexibility index (Phi) is 6.03. The minimum Gasteiger partial charge on any atom is -0.319 e. The molecule has 1 aliphatic carbocycles. The van der Waals surface area contributed by atoms with Crippen molar-refractivity contribution < 1.29 is 4.39 Å². The molecule has 0 aromatic heterocycles. The summed E-state index contributed by atoms with van der Waals surface area (Å²) >= 11 is 3.29. The van der Waals surface area contributed by atoms with E-state index in [1.54, 1.807) is 6.07 Å².